The molecule has 1 aliphatic rings. The van der Waals surface area contributed by atoms with Crippen molar-refractivity contribution in [1.82, 2.24) is 4.90 Å². The van der Waals surface area contributed by atoms with Crippen molar-refractivity contribution in [3.8, 4) is 0 Å². The number of hydrogen-bond donors (Lipinski definition) is 0. The summed E-state index contributed by atoms with van der Waals surface area (Å²) in [6.45, 7) is 0. The molecule has 2 amide bonds. The topological polar surface area (TPSA) is 75.8 Å². The largest absolute Gasteiger partial charge is 0.594 e. The van der Waals surface area contributed by atoms with E-state index in [9.17, 15) is 14.8 Å². The predicted octanol–water partition coefficient (Wildman–Crippen LogP) is 3.08. The SMILES string of the molecule is CN1C(=O)C[C@@H](c2ccccc2[N+]([O-])=Nc2ccccc2)C1=O. The molecule has 2 aromatic carbocycles. The summed E-state index contributed by atoms with van der Waals surface area (Å²) in [4.78, 5) is 25.5. The maximum absolute atomic E-state index is 12.4. The minimum Gasteiger partial charge on any atom is -0.594 e. The molecule has 1 heterocycles. The Morgan fingerprint density at radius 3 is 2.39 bits per heavy atom. The quantitative estimate of drug-likeness (QED) is 0.378. The number of para-hydroxylation sites is 1. The summed E-state index contributed by atoms with van der Waals surface area (Å²) in [7, 11) is 1.45. The maximum atomic E-state index is 12.4. The molecular formula is C17H15N3O3. The van der Waals surface area contributed by atoms with Gasteiger partial charge in [-0.2, -0.15) is 0 Å². The lowest BCUT2D eigenvalue weighted by molar-refractivity contribution is -0.436. The lowest BCUT2D eigenvalue weighted by Crippen LogP contribution is -2.25. The molecule has 0 N–H and O–H groups in total. The van der Waals surface area contributed by atoms with Gasteiger partial charge in [0.15, 0.2) is 0 Å². The molecule has 0 aromatic heterocycles. The predicted molar refractivity (Wildman–Crippen MR) is 83.4 cm³/mol. The van der Waals surface area contributed by atoms with Gasteiger partial charge in [0.2, 0.25) is 17.5 Å². The fourth-order valence-electron chi connectivity index (χ4n) is 2.61. The Balaban J connectivity index is 2.00. The number of rotatable bonds is 3. The van der Waals surface area contributed by atoms with Gasteiger partial charge in [0, 0.05) is 30.2 Å². The van der Waals surface area contributed by atoms with Crippen LogP contribution in [0.5, 0.6) is 0 Å². The molecular weight excluding hydrogens is 294 g/mol. The van der Waals surface area contributed by atoms with Gasteiger partial charge in [-0.1, -0.05) is 36.4 Å². The van der Waals surface area contributed by atoms with Gasteiger partial charge in [-0.3, -0.25) is 14.5 Å². The van der Waals surface area contributed by atoms with Crippen LogP contribution in [0.25, 0.3) is 0 Å². The summed E-state index contributed by atoms with van der Waals surface area (Å²) in [6, 6.07) is 15.6. The molecule has 0 bridgehead atoms. The Kier molecular flexibility index (Phi) is 3.89. The van der Waals surface area contributed by atoms with E-state index >= 15 is 0 Å². The summed E-state index contributed by atoms with van der Waals surface area (Å²) < 4.78 is 0. The van der Waals surface area contributed by atoms with Gasteiger partial charge in [0.05, 0.1) is 5.92 Å². The first kappa shape index (κ1) is 14.9. The number of benzene rings is 2. The van der Waals surface area contributed by atoms with Gasteiger partial charge in [-0.15, -0.1) is 0 Å². The van der Waals surface area contributed by atoms with Crippen LogP contribution in [0, 0.1) is 5.21 Å². The van der Waals surface area contributed by atoms with E-state index in [0.717, 1.165) is 4.90 Å². The van der Waals surface area contributed by atoms with Crippen LogP contribution in [0.2, 0.25) is 0 Å². The van der Waals surface area contributed by atoms with Crippen molar-refractivity contribution < 1.29 is 14.4 Å². The molecule has 6 heteroatoms. The van der Waals surface area contributed by atoms with Crippen molar-refractivity contribution in [2.24, 2.45) is 5.11 Å². The van der Waals surface area contributed by atoms with Crippen LogP contribution in [0.15, 0.2) is 59.7 Å². The summed E-state index contributed by atoms with van der Waals surface area (Å²) in [5.41, 5.74) is 1.31. The van der Waals surface area contributed by atoms with Crippen LogP contribution in [-0.4, -0.2) is 28.6 Å². The minimum atomic E-state index is -0.633. The molecule has 0 unspecified atom stereocenters. The highest BCUT2D eigenvalue weighted by Gasteiger charge is 2.39. The number of imide groups is 1. The fourth-order valence-corrected chi connectivity index (χ4v) is 2.61. The van der Waals surface area contributed by atoms with Gasteiger partial charge in [0.1, 0.15) is 5.69 Å². The van der Waals surface area contributed by atoms with Crippen LogP contribution >= 0.6 is 0 Å². The highest BCUT2D eigenvalue weighted by Crippen LogP contribution is 2.34. The van der Waals surface area contributed by atoms with Gasteiger partial charge in [0.25, 0.3) is 0 Å². The van der Waals surface area contributed by atoms with Crippen LogP contribution in [0.4, 0.5) is 11.4 Å². The highest BCUT2D eigenvalue weighted by molar-refractivity contribution is 6.06. The van der Waals surface area contributed by atoms with E-state index in [0.29, 0.717) is 16.1 Å². The molecule has 1 aliphatic heterocycles. The second-order valence-corrected chi connectivity index (χ2v) is 5.32. The smallest absolute Gasteiger partial charge is 0.248 e. The van der Waals surface area contributed by atoms with Gasteiger partial charge < -0.3 is 5.21 Å². The molecule has 0 aliphatic carbocycles. The third-order valence-corrected chi connectivity index (χ3v) is 3.86. The lowest BCUT2D eigenvalue weighted by atomic mass is 9.96. The molecule has 2 aromatic rings. The average Bonchev–Trinajstić information content (AvgIpc) is 2.83. The molecule has 0 saturated carbocycles. The zero-order chi connectivity index (χ0) is 16.4. The molecule has 0 spiro atoms. The third kappa shape index (κ3) is 2.83. The molecule has 116 valence electrons. The number of azo groups is 1. The third-order valence-electron chi connectivity index (χ3n) is 3.86. The second kappa shape index (κ2) is 6.00. The van der Waals surface area contributed by atoms with Crippen LogP contribution in [0.1, 0.15) is 17.9 Å². The number of nitrogens with zero attached hydrogens (tertiary/aromatic N) is 3. The van der Waals surface area contributed by atoms with Crippen LogP contribution in [-0.2, 0) is 9.59 Å². The number of carbonyl (C=O) groups is 2. The number of likely N-dealkylation sites (N-methyl/N-ethyl adjacent to an activating group) is 1. The number of amides is 2. The minimum absolute atomic E-state index is 0.0749. The maximum Gasteiger partial charge on any atom is 0.248 e. The summed E-state index contributed by atoms with van der Waals surface area (Å²) in [5, 5.41) is 16.4. The van der Waals surface area contributed by atoms with E-state index in [4.69, 9.17) is 0 Å². The van der Waals surface area contributed by atoms with Crippen molar-refractivity contribution in [1.29, 1.82) is 0 Å². The summed E-state index contributed by atoms with van der Waals surface area (Å²) >= 11 is 0. The van der Waals surface area contributed by atoms with Crippen LogP contribution < -0.4 is 0 Å². The monoisotopic (exact) mass is 309 g/mol. The Morgan fingerprint density at radius 2 is 1.74 bits per heavy atom. The zero-order valence-corrected chi connectivity index (χ0v) is 12.5. The second-order valence-electron chi connectivity index (χ2n) is 5.32. The van der Waals surface area contributed by atoms with E-state index in [-0.39, 0.29) is 23.9 Å². The van der Waals surface area contributed by atoms with E-state index in [1.807, 2.05) is 6.07 Å². The lowest BCUT2D eigenvalue weighted by Gasteiger charge is -2.11. The number of hydrogen-bond acceptors (Lipinski definition) is 4. The van der Waals surface area contributed by atoms with Gasteiger partial charge in [-0.05, 0) is 17.0 Å². The molecule has 1 fully saturated rings. The Labute approximate surface area is 133 Å². The normalized spacial score (nSPS) is 18.6. The average molecular weight is 309 g/mol. The molecule has 0 radical (unpaired) electrons. The Hall–Kier alpha value is -3.02. The number of likely N-dealkylation sites (tertiary alicyclic amines) is 1. The van der Waals surface area contributed by atoms with E-state index in [2.05, 4.69) is 5.11 Å². The molecule has 1 atom stereocenters. The Bertz CT molecular complexity index is 787. The Morgan fingerprint density at radius 1 is 1.09 bits per heavy atom. The van der Waals surface area contributed by atoms with E-state index in [1.165, 1.54) is 7.05 Å². The van der Waals surface area contributed by atoms with Crippen molar-refractivity contribution in [3.05, 3.63) is 65.4 Å². The summed E-state index contributed by atoms with van der Waals surface area (Å²) in [5.74, 6) is -1.17. The van der Waals surface area contributed by atoms with Crippen LogP contribution in [0.3, 0.4) is 0 Å². The molecule has 3 rings (SSSR count). The van der Waals surface area contributed by atoms with Crippen molar-refractivity contribution in [2.45, 2.75) is 12.3 Å². The first-order valence-electron chi connectivity index (χ1n) is 7.21. The van der Waals surface area contributed by atoms with Crippen molar-refractivity contribution in [2.75, 3.05) is 7.05 Å². The molecule has 1 saturated heterocycles. The highest BCUT2D eigenvalue weighted by atomic mass is 16.5. The fraction of sp³-hybridized carbons (Fsp3) is 0.176. The zero-order valence-electron chi connectivity index (χ0n) is 12.5. The summed E-state index contributed by atoms with van der Waals surface area (Å²) in [6.07, 6.45) is 0.0749. The molecule has 6 nitrogen and oxygen atoms in total. The van der Waals surface area contributed by atoms with Crippen molar-refractivity contribution in [3.63, 3.8) is 0 Å². The first-order chi connectivity index (χ1) is 11.1. The van der Waals surface area contributed by atoms with E-state index in [1.54, 1.807) is 48.5 Å². The van der Waals surface area contributed by atoms with Gasteiger partial charge in [-0.25, -0.2) is 0 Å². The van der Waals surface area contributed by atoms with E-state index < -0.39 is 5.92 Å². The first-order valence-corrected chi connectivity index (χ1v) is 7.21. The number of carbonyl (C=O) groups excluding carboxylic acids is 2. The standard InChI is InChI=1S/C17H15N3O3/c1-19-16(21)11-14(17(19)22)13-9-5-6-10-15(13)20(23)18-12-7-3-2-4-8-12/h2-10,14H,11H2,1H3/t14-/m0/s1. The van der Waals surface area contributed by atoms with Gasteiger partial charge >= 0.3 is 0 Å². The van der Waals surface area contributed by atoms with Crippen molar-refractivity contribution >= 4 is 23.2 Å². The molecule has 23 heavy (non-hydrogen) atoms.